The first-order chi connectivity index (χ1) is 10.7. The van der Waals surface area contributed by atoms with Crippen LogP contribution in [0.5, 0.6) is 0 Å². The van der Waals surface area contributed by atoms with Crippen molar-refractivity contribution in [3.05, 3.63) is 22.3 Å². The van der Waals surface area contributed by atoms with Crippen molar-refractivity contribution in [3.8, 4) is 0 Å². The van der Waals surface area contributed by atoms with Crippen molar-refractivity contribution in [3.63, 3.8) is 0 Å². The molecular formula is C18H22Cl2O4. The van der Waals surface area contributed by atoms with Crippen molar-refractivity contribution in [2.45, 2.75) is 54.4 Å². The van der Waals surface area contributed by atoms with Crippen LogP contribution >= 0.6 is 23.2 Å². The molecule has 0 saturated carbocycles. The fourth-order valence-corrected chi connectivity index (χ4v) is 4.11. The third kappa shape index (κ3) is 4.04. The smallest absolute Gasteiger partial charge is 0.222 e. The normalized spacial score (nSPS) is 16.8. The van der Waals surface area contributed by atoms with Crippen molar-refractivity contribution in [2.24, 2.45) is 10.8 Å². The van der Waals surface area contributed by atoms with E-state index in [9.17, 15) is 19.2 Å². The molecule has 0 N–H and O–H groups in total. The van der Waals surface area contributed by atoms with Crippen molar-refractivity contribution >= 4 is 45.3 Å². The van der Waals surface area contributed by atoms with E-state index in [1.165, 1.54) is 0 Å². The molecule has 24 heavy (non-hydrogen) atoms. The lowest BCUT2D eigenvalue weighted by Crippen LogP contribution is -2.36. The topological polar surface area (TPSA) is 68.3 Å². The number of ketones is 2. The van der Waals surface area contributed by atoms with Gasteiger partial charge >= 0.3 is 0 Å². The van der Waals surface area contributed by atoms with E-state index in [2.05, 4.69) is 0 Å². The largest absolute Gasteiger partial charge is 0.289 e. The molecule has 4 nitrogen and oxygen atoms in total. The molecule has 0 bridgehead atoms. The van der Waals surface area contributed by atoms with Gasteiger partial charge in [-0.05, 0) is 37.0 Å². The first-order valence-corrected chi connectivity index (χ1v) is 8.36. The van der Waals surface area contributed by atoms with Crippen LogP contribution in [-0.4, -0.2) is 22.1 Å². The summed E-state index contributed by atoms with van der Waals surface area (Å²) in [7, 11) is 0. The van der Waals surface area contributed by atoms with Crippen LogP contribution in [0.1, 0.15) is 54.4 Å². The van der Waals surface area contributed by atoms with E-state index in [0.717, 1.165) is 0 Å². The first-order valence-electron chi connectivity index (χ1n) is 7.61. The summed E-state index contributed by atoms with van der Waals surface area (Å²) in [5, 5.41) is -1.14. The van der Waals surface area contributed by atoms with Crippen LogP contribution in [-0.2, 0) is 19.2 Å². The number of rotatable bonds is 6. The molecule has 0 atom stereocenters. The minimum atomic E-state index is -0.852. The summed E-state index contributed by atoms with van der Waals surface area (Å²) in [5.41, 5.74) is -0.521. The van der Waals surface area contributed by atoms with E-state index in [1.54, 1.807) is 41.5 Å². The maximum absolute atomic E-state index is 12.9. The predicted molar refractivity (Wildman–Crippen MR) is 93.9 cm³/mol. The fourth-order valence-electron chi connectivity index (χ4n) is 3.44. The van der Waals surface area contributed by atoms with Crippen LogP contribution < -0.4 is 0 Å². The van der Waals surface area contributed by atoms with E-state index in [1.807, 2.05) is 0 Å². The van der Waals surface area contributed by atoms with Gasteiger partial charge in [-0.3, -0.25) is 19.2 Å². The Labute approximate surface area is 152 Å². The number of hydrogen-bond acceptors (Lipinski definition) is 4. The van der Waals surface area contributed by atoms with Crippen molar-refractivity contribution in [1.29, 1.82) is 0 Å². The first kappa shape index (κ1) is 20.8. The third-order valence-electron chi connectivity index (χ3n) is 4.40. The van der Waals surface area contributed by atoms with Gasteiger partial charge in [0, 0.05) is 46.0 Å². The number of Topliss-reactive ketones (excluding diaryl/α,β-unsaturated/α-hetero) is 2. The number of carbonyl (C=O) groups excluding carboxylic acids is 4. The van der Waals surface area contributed by atoms with Gasteiger partial charge in [0.25, 0.3) is 0 Å². The van der Waals surface area contributed by atoms with Crippen LogP contribution in [0.4, 0.5) is 0 Å². The van der Waals surface area contributed by atoms with E-state index in [-0.39, 0.29) is 24.4 Å². The van der Waals surface area contributed by atoms with E-state index >= 15 is 0 Å². The molecule has 0 heterocycles. The SMILES string of the molecule is CC1=C(C(C)(C)CC(=O)Cl)C(=O)C(C)=C(C(C)(C)CC(=O)Cl)C1=O. The number of carbonyl (C=O) groups is 4. The molecule has 0 fully saturated rings. The summed E-state index contributed by atoms with van der Waals surface area (Å²) in [5.74, 6) is -0.583. The van der Waals surface area contributed by atoms with Gasteiger partial charge in [0.15, 0.2) is 11.6 Å². The summed E-state index contributed by atoms with van der Waals surface area (Å²) in [4.78, 5) is 48.4. The summed E-state index contributed by atoms with van der Waals surface area (Å²) in [6.45, 7) is 9.99. The molecule has 0 saturated heterocycles. The average Bonchev–Trinajstić information content (AvgIpc) is 2.32. The molecule has 132 valence electrons. The molecule has 0 aliphatic heterocycles. The third-order valence-corrected chi connectivity index (χ3v) is 4.67. The second kappa shape index (κ2) is 6.93. The van der Waals surface area contributed by atoms with Gasteiger partial charge < -0.3 is 0 Å². The molecule has 0 radical (unpaired) electrons. The standard InChI is InChI=1S/C18H22Cl2O4/c1-9-13(17(3,4)7-11(19)21)16(24)10(2)14(15(9)23)18(5,6)8-12(20)22/h7-8H2,1-6H3. The average molecular weight is 373 g/mol. The van der Waals surface area contributed by atoms with Gasteiger partial charge in [-0.2, -0.15) is 0 Å². The lowest BCUT2D eigenvalue weighted by atomic mass is 9.66. The highest BCUT2D eigenvalue weighted by Crippen LogP contribution is 2.44. The zero-order valence-electron chi connectivity index (χ0n) is 14.8. The second-order valence-electron chi connectivity index (χ2n) is 7.49. The minimum absolute atomic E-state index is 0.0492. The Morgan fingerprint density at radius 2 is 1.00 bits per heavy atom. The highest BCUT2D eigenvalue weighted by atomic mass is 35.5. The molecular weight excluding hydrogens is 351 g/mol. The van der Waals surface area contributed by atoms with Crippen molar-refractivity contribution in [2.75, 3.05) is 0 Å². The molecule has 0 unspecified atom stereocenters. The molecule has 0 spiro atoms. The second-order valence-corrected chi connectivity index (χ2v) is 8.33. The Morgan fingerprint density at radius 3 is 1.21 bits per heavy atom. The van der Waals surface area contributed by atoms with E-state index < -0.39 is 21.3 Å². The van der Waals surface area contributed by atoms with Crippen LogP contribution in [0.2, 0.25) is 0 Å². The summed E-state index contributed by atoms with van der Waals surface area (Å²) in [6.07, 6.45) is -0.0984. The Kier molecular flexibility index (Phi) is 6.00. The molecule has 0 amide bonds. The van der Waals surface area contributed by atoms with Gasteiger partial charge in [-0.15, -0.1) is 0 Å². The van der Waals surface area contributed by atoms with Gasteiger partial charge in [0.2, 0.25) is 10.5 Å². The summed E-state index contributed by atoms with van der Waals surface area (Å²) >= 11 is 11.0. The van der Waals surface area contributed by atoms with Crippen LogP contribution in [0.15, 0.2) is 22.3 Å². The highest BCUT2D eigenvalue weighted by molar-refractivity contribution is 6.63. The Bertz CT molecular complexity index is 634. The van der Waals surface area contributed by atoms with Crippen molar-refractivity contribution < 1.29 is 19.2 Å². The lowest BCUT2D eigenvalue weighted by molar-refractivity contribution is -0.119. The highest BCUT2D eigenvalue weighted by Gasteiger charge is 2.43. The van der Waals surface area contributed by atoms with E-state index in [0.29, 0.717) is 22.3 Å². The fraction of sp³-hybridized carbons (Fsp3) is 0.556. The number of halogens is 2. The van der Waals surface area contributed by atoms with Gasteiger partial charge in [0.1, 0.15) is 0 Å². The minimum Gasteiger partial charge on any atom is -0.289 e. The Hall–Kier alpha value is -1.26. The number of allylic oxidation sites excluding steroid dienone is 4. The van der Waals surface area contributed by atoms with Crippen molar-refractivity contribution in [1.82, 2.24) is 0 Å². The van der Waals surface area contributed by atoms with E-state index in [4.69, 9.17) is 23.2 Å². The Balaban J connectivity index is 3.48. The van der Waals surface area contributed by atoms with Gasteiger partial charge in [-0.1, -0.05) is 27.7 Å². The maximum atomic E-state index is 12.9. The number of hydrogen-bond donors (Lipinski definition) is 0. The van der Waals surface area contributed by atoms with Gasteiger partial charge in [0.05, 0.1) is 0 Å². The zero-order chi connectivity index (χ0) is 19.0. The molecule has 1 aliphatic carbocycles. The molecule has 0 aromatic heterocycles. The van der Waals surface area contributed by atoms with Crippen LogP contribution in [0, 0.1) is 10.8 Å². The molecule has 1 aliphatic rings. The van der Waals surface area contributed by atoms with Crippen LogP contribution in [0.3, 0.4) is 0 Å². The zero-order valence-corrected chi connectivity index (χ0v) is 16.3. The summed E-state index contributed by atoms with van der Waals surface area (Å²) < 4.78 is 0. The van der Waals surface area contributed by atoms with Crippen LogP contribution in [0.25, 0.3) is 0 Å². The molecule has 1 rings (SSSR count). The summed E-state index contributed by atoms with van der Waals surface area (Å²) in [6, 6.07) is 0. The Morgan fingerprint density at radius 1 is 0.750 bits per heavy atom. The molecule has 6 heteroatoms. The predicted octanol–water partition coefficient (Wildman–Crippen LogP) is 4.13. The quantitative estimate of drug-likeness (QED) is 0.519. The molecule has 0 aromatic rings. The van der Waals surface area contributed by atoms with Gasteiger partial charge in [-0.25, -0.2) is 0 Å². The lowest BCUT2D eigenvalue weighted by Gasteiger charge is -2.35. The monoisotopic (exact) mass is 372 g/mol. The molecule has 0 aromatic carbocycles. The maximum Gasteiger partial charge on any atom is 0.222 e.